The van der Waals surface area contributed by atoms with Gasteiger partial charge in [0.2, 0.25) is 0 Å². The predicted molar refractivity (Wildman–Crippen MR) is 81.2 cm³/mol. The summed E-state index contributed by atoms with van der Waals surface area (Å²) >= 11 is 0. The first kappa shape index (κ1) is 13.7. The van der Waals surface area contributed by atoms with Crippen LogP contribution in [0.15, 0.2) is 36.4 Å². The lowest BCUT2D eigenvalue weighted by Gasteiger charge is -2.21. The molecule has 21 heavy (non-hydrogen) atoms. The molecule has 0 aliphatic carbocycles. The van der Waals surface area contributed by atoms with E-state index in [9.17, 15) is 9.59 Å². The summed E-state index contributed by atoms with van der Waals surface area (Å²) in [4.78, 5) is 26.4. The number of benzene rings is 2. The number of likely N-dealkylation sites (N-methyl/N-ethyl adjacent to an activating group) is 2. The first-order chi connectivity index (χ1) is 10.2. The van der Waals surface area contributed by atoms with E-state index in [-0.39, 0.29) is 18.0 Å². The van der Waals surface area contributed by atoms with Crippen molar-refractivity contribution in [1.29, 1.82) is 0 Å². The van der Waals surface area contributed by atoms with Crippen LogP contribution in [-0.4, -0.2) is 43.5 Å². The van der Waals surface area contributed by atoms with Crippen molar-refractivity contribution in [3.8, 4) is 0 Å². The molecule has 2 N–H and O–H groups in total. The van der Waals surface area contributed by atoms with Crippen molar-refractivity contribution in [3.63, 3.8) is 0 Å². The highest BCUT2D eigenvalue weighted by molar-refractivity contribution is 6.26. The first-order valence-corrected chi connectivity index (χ1v) is 6.90. The smallest absolute Gasteiger partial charge is 0.262 e. The Morgan fingerprint density at radius 2 is 1.71 bits per heavy atom. The first-order valence-electron chi connectivity index (χ1n) is 6.90. The van der Waals surface area contributed by atoms with Gasteiger partial charge in [-0.1, -0.05) is 30.3 Å². The van der Waals surface area contributed by atoms with Gasteiger partial charge in [0.1, 0.15) is 0 Å². The highest BCUT2D eigenvalue weighted by atomic mass is 16.2. The predicted octanol–water partition coefficient (Wildman–Crippen LogP) is 1.20. The fraction of sp³-hybridized carbons (Fsp3) is 0.250. The average molecular weight is 283 g/mol. The maximum Gasteiger partial charge on any atom is 0.262 e. The molecule has 2 amide bonds. The number of hydrogen-bond acceptors (Lipinski definition) is 4. The van der Waals surface area contributed by atoms with Gasteiger partial charge in [0.05, 0.1) is 23.8 Å². The second-order valence-corrected chi connectivity index (χ2v) is 5.06. The van der Waals surface area contributed by atoms with E-state index in [0.717, 1.165) is 10.8 Å². The number of imide groups is 1. The number of nitrogens with zero attached hydrogens (tertiary/aromatic N) is 1. The number of rotatable bonds is 4. The van der Waals surface area contributed by atoms with Crippen LogP contribution >= 0.6 is 0 Å². The second-order valence-electron chi connectivity index (χ2n) is 5.06. The van der Waals surface area contributed by atoms with Crippen molar-refractivity contribution in [3.05, 3.63) is 47.5 Å². The summed E-state index contributed by atoms with van der Waals surface area (Å²) < 4.78 is 0. The zero-order valence-corrected chi connectivity index (χ0v) is 12.0. The quantitative estimate of drug-likeness (QED) is 0.654. The third kappa shape index (κ3) is 2.11. The molecule has 1 aliphatic rings. The monoisotopic (exact) mass is 283 g/mol. The van der Waals surface area contributed by atoms with E-state index in [1.165, 1.54) is 4.90 Å². The molecule has 1 aliphatic heterocycles. The van der Waals surface area contributed by atoms with Gasteiger partial charge in [0.15, 0.2) is 0 Å². The fourth-order valence-electron chi connectivity index (χ4n) is 2.73. The van der Waals surface area contributed by atoms with E-state index in [1.807, 2.05) is 30.3 Å². The molecule has 1 heterocycles. The Morgan fingerprint density at radius 1 is 1.00 bits per heavy atom. The highest BCUT2D eigenvalue weighted by Gasteiger charge is 2.37. The lowest BCUT2D eigenvalue weighted by atomic mass is 10.0. The van der Waals surface area contributed by atoms with Crippen molar-refractivity contribution >= 4 is 22.6 Å². The lowest BCUT2D eigenvalue weighted by Crippen LogP contribution is -2.48. The summed E-state index contributed by atoms with van der Waals surface area (Å²) in [7, 11) is 3.57. The van der Waals surface area contributed by atoms with Crippen LogP contribution in [0.1, 0.15) is 20.7 Å². The summed E-state index contributed by atoms with van der Waals surface area (Å²) in [6, 6.07) is 11.3. The minimum atomic E-state index is -0.226. The molecule has 3 rings (SSSR count). The minimum Gasteiger partial charge on any atom is -0.303 e. The van der Waals surface area contributed by atoms with Gasteiger partial charge in [-0.25, -0.2) is 0 Å². The van der Waals surface area contributed by atoms with Crippen LogP contribution in [0, 0.1) is 0 Å². The minimum absolute atomic E-state index is 0.126. The lowest BCUT2D eigenvalue weighted by molar-refractivity contribution is 0.0635. The van der Waals surface area contributed by atoms with E-state index in [4.69, 9.17) is 0 Å². The summed E-state index contributed by atoms with van der Waals surface area (Å²) in [5, 5.41) is 7.86. The molecule has 0 radical (unpaired) electrons. The molecule has 0 saturated carbocycles. The van der Waals surface area contributed by atoms with Crippen molar-refractivity contribution < 1.29 is 9.59 Å². The molecule has 5 heteroatoms. The van der Waals surface area contributed by atoms with Gasteiger partial charge in [0.25, 0.3) is 11.8 Å². The molecular formula is C16H17N3O2. The third-order valence-electron chi connectivity index (χ3n) is 3.93. The van der Waals surface area contributed by atoms with Gasteiger partial charge in [-0.2, -0.15) is 0 Å². The number of hydrogen-bond donors (Lipinski definition) is 2. The standard InChI is InChI=1S/C16H17N3O2/c1-17-13(18-2)9-19-15(20)12-8-7-10-5-3-4-6-11(10)14(12)16(19)21/h3-8,13,17-18H,9H2,1-2H3. The van der Waals surface area contributed by atoms with E-state index < -0.39 is 0 Å². The Hall–Kier alpha value is -2.24. The Kier molecular flexibility index (Phi) is 3.45. The number of nitrogens with one attached hydrogen (secondary N) is 2. The zero-order valence-electron chi connectivity index (χ0n) is 12.0. The molecule has 0 spiro atoms. The maximum absolute atomic E-state index is 12.6. The molecule has 0 saturated heterocycles. The van der Waals surface area contributed by atoms with Crippen molar-refractivity contribution in [2.75, 3.05) is 20.6 Å². The van der Waals surface area contributed by atoms with Gasteiger partial charge in [-0.05, 0) is 30.9 Å². The van der Waals surface area contributed by atoms with Crippen molar-refractivity contribution in [1.82, 2.24) is 15.5 Å². The number of amides is 2. The Labute approximate surface area is 122 Å². The normalized spacial score (nSPS) is 14.3. The van der Waals surface area contributed by atoms with Gasteiger partial charge >= 0.3 is 0 Å². The van der Waals surface area contributed by atoms with Crippen LogP contribution < -0.4 is 10.6 Å². The van der Waals surface area contributed by atoms with Crippen LogP contribution in [0.3, 0.4) is 0 Å². The highest BCUT2D eigenvalue weighted by Crippen LogP contribution is 2.30. The summed E-state index contributed by atoms with van der Waals surface area (Å²) in [5.74, 6) is -0.446. The molecule has 2 aromatic carbocycles. The second kappa shape index (κ2) is 5.27. The SMILES string of the molecule is CNC(CN1C(=O)c2ccc3ccccc3c2C1=O)NC. The van der Waals surface area contributed by atoms with Gasteiger partial charge in [0, 0.05) is 0 Å². The molecule has 5 nitrogen and oxygen atoms in total. The van der Waals surface area contributed by atoms with E-state index in [1.54, 1.807) is 20.2 Å². The van der Waals surface area contributed by atoms with Gasteiger partial charge < -0.3 is 10.6 Å². The van der Waals surface area contributed by atoms with Gasteiger partial charge in [-0.15, -0.1) is 0 Å². The van der Waals surface area contributed by atoms with E-state index in [0.29, 0.717) is 17.7 Å². The molecule has 0 unspecified atom stereocenters. The number of carbonyl (C=O) groups excluding carboxylic acids is 2. The summed E-state index contributed by atoms with van der Waals surface area (Å²) in [5.41, 5.74) is 1.01. The topological polar surface area (TPSA) is 61.4 Å². The maximum atomic E-state index is 12.6. The number of fused-ring (bicyclic) bond motifs is 3. The molecule has 2 aromatic rings. The van der Waals surface area contributed by atoms with Gasteiger partial charge in [-0.3, -0.25) is 14.5 Å². The van der Waals surface area contributed by atoms with Crippen LogP contribution in [-0.2, 0) is 0 Å². The van der Waals surface area contributed by atoms with Crippen LogP contribution in [0.2, 0.25) is 0 Å². The molecule has 0 fully saturated rings. The average Bonchev–Trinajstić information content (AvgIpc) is 2.77. The van der Waals surface area contributed by atoms with E-state index in [2.05, 4.69) is 10.6 Å². The van der Waals surface area contributed by atoms with Crippen molar-refractivity contribution in [2.45, 2.75) is 6.17 Å². The summed E-state index contributed by atoms with van der Waals surface area (Å²) in [6.07, 6.45) is -0.126. The number of carbonyl (C=O) groups is 2. The van der Waals surface area contributed by atoms with Crippen LogP contribution in [0.25, 0.3) is 10.8 Å². The molecular weight excluding hydrogens is 266 g/mol. The Morgan fingerprint density at radius 3 is 2.43 bits per heavy atom. The zero-order chi connectivity index (χ0) is 15.0. The third-order valence-corrected chi connectivity index (χ3v) is 3.93. The molecule has 0 atom stereocenters. The molecule has 0 bridgehead atoms. The largest absolute Gasteiger partial charge is 0.303 e. The van der Waals surface area contributed by atoms with Crippen molar-refractivity contribution in [2.24, 2.45) is 0 Å². The Balaban J connectivity index is 2.06. The van der Waals surface area contributed by atoms with E-state index >= 15 is 0 Å². The van der Waals surface area contributed by atoms with Crippen LogP contribution in [0.5, 0.6) is 0 Å². The summed E-state index contributed by atoms with van der Waals surface area (Å²) in [6.45, 7) is 0.299. The van der Waals surface area contributed by atoms with Crippen LogP contribution in [0.4, 0.5) is 0 Å². The Bertz CT molecular complexity index is 723. The molecule has 108 valence electrons. The molecule has 0 aromatic heterocycles. The fourth-order valence-corrected chi connectivity index (χ4v) is 2.73.